The minimum atomic E-state index is -3.16. The van der Waals surface area contributed by atoms with Crippen molar-refractivity contribution >= 4 is 7.37 Å². The average molecular weight is 542 g/mol. The summed E-state index contributed by atoms with van der Waals surface area (Å²) >= 11 is 0. The van der Waals surface area contributed by atoms with Crippen molar-refractivity contribution in [3.63, 3.8) is 0 Å². The van der Waals surface area contributed by atoms with E-state index in [0.29, 0.717) is 22.9 Å². The number of aromatic hydroxyl groups is 1. The minimum Gasteiger partial charge on any atom is -0.508 e. The van der Waals surface area contributed by atoms with Crippen molar-refractivity contribution in [3.05, 3.63) is 77.2 Å². The Morgan fingerprint density at radius 1 is 1.11 bits per heavy atom. The summed E-state index contributed by atoms with van der Waals surface area (Å²) in [6.07, 6.45) is 3.71. The maximum Gasteiger partial charge on any atom is 0.213 e. The number of phenols is 1. The van der Waals surface area contributed by atoms with E-state index in [9.17, 15) is 19.0 Å². The van der Waals surface area contributed by atoms with E-state index in [2.05, 4.69) is 25.8 Å². The molecule has 1 aliphatic rings. The molecule has 2 aromatic carbocycles. The zero-order valence-electron chi connectivity index (χ0n) is 22.6. The maximum absolute atomic E-state index is 14.8. The summed E-state index contributed by atoms with van der Waals surface area (Å²) in [6.45, 7) is 7.81. The van der Waals surface area contributed by atoms with Crippen LogP contribution in [-0.4, -0.2) is 34.9 Å². The zero-order chi connectivity index (χ0) is 27.7. The molecule has 204 valence electrons. The lowest BCUT2D eigenvalue weighted by Gasteiger charge is -2.32. The SMILES string of the molecule is COC(c1cc(COc2cc([C@@H](CP(C)(=O)O)C3CC3)ccn2)ccc1-c1cc(O)ccc1F)C(C)(C)C. The van der Waals surface area contributed by atoms with Crippen molar-refractivity contribution in [2.45, 2.75) is 52.2 Å². The number of rotatable bonds is 10. The van der Waals surface area contributed by atoms with Crippen LogP contribution in [0.4, 0.5) is 4.39 Å². The van der Waals surface area contributed by atoms with Crippen molar-refractivity contribution in [1.82, 2.24) is 4.98 Å². The fraction of sp³-hybridized carbons (Fsp3) is 0.433. The van der Waals surface area contributed by atoms with Crippen molar-refractivity contribution in [2.24, 2.45) is 11.3 Å². The first-order chi connectivity index (χ1) is 17.9. The van der Waals surface area contributed by atoms with Crippen LogP contribution in [0.3, 0.4) is 0 Å². The Balaban J connectivity index is 1.63. The van der Waals surface area contributed by atoms with Gasteiger partial charge in [-0.15, -0.1) is 0 Å². The van der Waals surface area contributed by atoms with Gasteiger partial charge in [-0.2, -0.15) is 0 Å². The Bertz CT molecular complexity index is 1330. The minimum absolute atomic E-state index is 0.0125. The van der Waals surface area contributed by atoms with Crippen LogP contribution in [0.5, 0.6) is 11.6 Å². The molecule has 0 radical (unpaired) electrons. The molecule has 2 unspecified atom stereocenters. The van der Waals surface area contributed by atoms with Crippen LogP contribution >= 0.6 is 7.37 Å². The first-order valence-corrected chi connectivity index (χ1v) is 15.2. The molecular formula is C30H37FNO5P. The lowest BCUT2D eigenvalue weighted by Crippen LogP contribution is -2.21. The van der Waals surface area contributed by atoms with Crippen LogP contribution in [-0.2, 0) is 15.9 Å². The molecule has 0 spiro atoms. The smallest absolute Gasteiger partial charge is 0.213 e. The Morgan fingerprint density at radius 3 is 2.47 bits per heavy atom. The summed E-state index contributed by atoms with van der Waals surface area (Å²) in [5, 5.41) is 10.0. The van der Waals surface area contributed by atoms with E-state index in [4.69, 9.17) is 9.47 Å². The Labute approximate surface area is 224 Å². The first kappa shape index (κ1) is 28.3. The number of nitrogens with zero attached hydrogens (tertiary/aromatic N) is 1. The molecule has 0 saturated heterocycles. The predicted molar refractivity (Wildman–Crippen MR) is 147 cm³/mol. The van der Waals surface area contributed by atoms with Crippen LogP contribution in [0, 0.1) is 17.2 Å². The monoisotopic (exact) mass is 541 g/mol. The number of aromatic nitrogens is 1. The van der Waals surface area contributed by atoms with E-state index in [1.165, 1.54) is 24.9 Å². The number of halogens is 1. The highest BCUT2D eigenvalue weighted by atomic mass is 31.2. The molecule has 4 rings (SSSR count). The molecule has 0 aliphatic heterocycles. The van der Waals surface area contributed by atoms with E-state index in [-0.39, 0.29) is 36.0 Å². The summed E-state index contributed by atoms with van der Waals surface area (Å²) in [5.41, 5.74) is 3.28. The van der Waals surface area contributed by atoms with Gasteiger partial charge in [-0.3, -0.25) is 4.57 Å². The van der Waals surface area contributed by atoms with Gasteiger partial charge in [0, 0.05) is 37.8 Å². The second-order valence-electron chi connectivity index (χ2n) is 11.5. The average Bonchev–Trinajstić information content (AvgIpc) is 3.68. The molecule has 1 aliphatic carbocycles. The molecule has 0 bridgehead atoms. The second kappa shape index (κ2) is 11.2. The molecular weight excluding hydrogens is 504 g/mol. The summed E-state index contributed by atoms with van der Waals surface area (Å²) in [5.74, 6) is 0.435. The third-order valence-electron chi connectivity index (χ3n) is 6.96. The largest absolute Gasteiger partial charge is 0.508 e. The normalized spacial score (nSPS) is 17.0. The standard InChI is InChI=1S/C30H37FNO5P/c1-30(2,3)29(36-4)25-14-19(6-10-23(25)24-16-22(33)9-11-27(24)31)17-37-28-15-21(12-13-32-28)26(20-7-8-20)18-38(5,34)35/h6,9-16,20,26,29,33H,7-8,17-18H2,1-5H3,(H,34,35)/t26-,29?/m0/s1. The van der Waals surface area contributed by atoms with Gasteiger partial charge in [-0.05, 0) is 82.7 Å². The van der Waals surface area contributed by atoms with Gasteiger partial charge < -0.3 is 19.5 Å². The molecule has 8 heteroatoms. The first-order valence-electron chi connectivity index (χ1n) is 12.9. The van der Waals surface area contributed by atoms with E-state index >= 15 is 0 Å². The molecule has 1 heterocycles. The molecule has 1 aromatic heterocycles. The van der Waals surface area contributed by atoms with Gasteiger partial charge in [0.05, 0.1) is 6.10 Å². The van der Waals surface area contributed by atoms with Crippen molar-refractivity contribution < 1.29 is 28.4 Å². The van der Waals surface area contributed by atoms with Gasteiger partial charge in [0.2, 0.25) is 5.88 Å². The third kappa shape index (κ3) is 7.02. The quantitative estimate of drug-likeness (QED) is 0.262. The maximum atomic E-state index is 14.8. The fourth-order valence-corrected chi connectivity index (χ4v) is 6.35. The Kier molecular flexibility index (Phi) is 8.32. The highest BCUT2D eigenvalue weighted by Gasteiger charge is 2.35. The Morgan fingerprint density at radius 2 is 1.84 bits per heavy atom. The number of phenolic OH excluding ortho intramolecular Hbond substituents is 1. The number of hydrogen-bond donors (Lipinski definition) is 2. The second-order valence-corrected chi connectivity index (χ2v) is 13.9. The number of hydrogen-bond acceptors (Lipinski definition) is 5. The van der Waals surface area contributed by atoms with E-state index in [1.54, 1.807) is 13.3 Å². The van der Waals surface area contributed by atoms with Gasteiger partial charge in [0.15, 0.2) is 7.37 Å². The summed E-state index contributed by atoms with van der Waals surface area (Å²) in [7, 11) is -1.53. The number of pyridine rings is 1. The third-order valence-corrected chi connectivity index (χ3v) is 8.03. The number of methoxy groups -OCH3 is 1. The molecule has 1 saturated carbocycles. The molecule has 3 atom stereocenters. The summed E-state index contributed by atoms with van der Waals surface area (Å²) in [4.78, 5) is 14.4. The highest BCUT2D eigenvalue weighted by molar-refractivity contribution is 7.57. The van der Waals surface area contributed by atoms with Crippen LogP contribution < -0.4 is 4.74 Å². The van der Waals surface area contributed by atoms with Crippen molar-refractivity contribution in [3.8, 4) is 22.8 Å². The van der Waals surface area contributed by atoms with Crippen molar-refractivity contribution in [2.75, 3.05) is 19.9 Å². The van der Waals surface area contributed by atoms with E-state index < -0.39 is 13.2 Å². The molecule has 1 fully saturated rings. The van der Waals surface area contributed by atoms with Crippen molar-refractivity contribution in [1.29, 1.82) is 0 Å². The Hall–Kier alpha value is -2.73. The van der Waals surface area contributed by atoms with E-state index in [1.807, 2.05) is 30.3 Å². The topological polar surface area (TPSA) is 88.9 Å². The molecule has 0 amide bonds. The summed E-state index contributed by atoms with van der Waals surface area (Å²) in [6, 6.07) is 13.4. The van der Waals surface area contributed by atoms with Crippen LogP contribution in [0.1, 0.15) is 62.3 Å². The van der Waals surface area contributed by atoms with Crippen LogP contribution in [0.2, 0.25) is 0 Å². The summed E-state index contributed by atoms with van der Waals surface area (Å²) < 4.78 is 38.9. The van der Waals surface area contributed by atoms with Gasteiger partial charge >= 0.3 is 0 Å². The highest BCUT2D eigenvalue weighted by Crippen LogP contribution is 2.50. The fourth-order valence-electron chi connectivity index (χ4n) is 5.11. The lowest BCUT2D eigenvalue weighted by atomic mass is 9.81. The molecule has 2 N–H and O–H groups in total. The molecule has 6 nitrogen and oxygen atoms in total. The number of ether oxygens (including phenoxy) is 2. The predicted octanol–water partition coefficient (Wildman–Crippen LogP) is 7.30. The number of benzene rings is 2. The zero-order valence-corrected chi connectivity index (χ0v) is 23.5. The van der Waals surface area contributed by atoms with Gasteiger partial charge in [-0.25, -0.2) is 9.37 Å². The van der Waals surface area contributed by atoms with Crippen LogP contribution in [0.25, 0.3) is 11.1 Å². The molecule has 38 heavy (non-hydrogen) atoms. The van der Waals surface area contributed by atoms with Gasteiger partial charge in [0.1, 0.15) is 18.2 Å². The van der Waals surface area contributed by atoms with E-state index in [0.717, 1.165) is 29.5 Å². The molecule has 3 aromatic rings. The van der Waals surface area contributed by atoms with Gasteiger partial charge in [-0.1, -0.05) is 32.9 Å². The van der Waals surface area contributed by atoms with Gasteiger partial charge in [0.25, 0.3) is 0 Å². The van der Waals surface area contributed by atoms with Crippen LogP contribution in [0.15, 0.2) is 54.7 Å². The lowest BCUT2D eigenvalue weighted by molar-refractivity contribution is 0.0155.